The van der Waals surface area contributed by atoms with Gasteiger partial charge in [-0.05, 0) is 57.9 Å². The highest BCUT2D eigenvalue weighted by atomic mass is 19.3. The van der Waals surface area contributed by atoms with Crippen molar-refractivity contribution in [2.24, 2.45) is 0 Å². The Bertz CT molecular complexity index is 1020. The lowest BCUT2D eigenvalue weighted by atomic mass is 10.0. The number of hydrogen-bond acceptors (Lipinski definition) is 7. The van der Waals surface area contributed by atoms with Crippen LogP contribution < -0.4 is 15.0 Å². The van der Waals surface area contributed by atoms with Crippen LogP contribution >= 0.6 is 0 Å². The largest absolute Gasteiger partial charge is 0.447 e. The second-order valence-electron chi connectivity index (χ2n) is 9.24. The van der Waals surface area contributed by atoms with Crippen LogP contribution in [0.2, 0.25) is 0 Å². The van der Waals surface area contributed by atoms with E-state index in [1.165, 1.54) is 17.2 Å². The number of nitrogens with zero attached hydrogens (tertiary/aromatic N) is 3. The SMILES string of the molecule is CCC[C@@H](OC(C)(C)C)[C@H]1COC(=O)N1c1ccnc(N[C@@H](C)c2ccc(OC(F)F)c(F)c2)n1. The number of carbonyl (C=O) groups is 1. The van der Waals surface area contributed by atoms with E-state index in [0.717, 1.165) is 25.0 Å². The first-order chi connectivity index (χ1) is 16.5. The summed E-state index contributed by atoms with van der Waals surface area (Å²) in [5.74, 6) is -0.903. The minimum atomic E-state index is -3.12. The molecule has 1 aromatic carbocycles. The summed E-state index contributed by atoms with van der Waals surface area (Å²) in [6.45, 7) is 6.72. The summed E-state index contributed by atoms with van der Waals surface area (Å²) < 4.78 is 54.6. The lowest BCUT2D eigenvalue weighted by molar-refractivity contribution is -0.0740. The summed E-state index contributed by atoms with van der Waals surface area (Å²) in [5, 5.41) is 3.04. The number of ether oxygens (including phenoxy) is 3. The lowest BCUT2D eigenvalue weighted by Gasteiger charge is -2.33. The van der Waals surface area contributed by atoms with E-state index < -0.39 is 35.9 Å². The minimum absolute atomic E-state index is 0.176. The first kappa shape index (κ1) is 26.5. The van der Waals surface area contributed by atoms with Crippen LogP contribution in [0.3, 0.4) is 0 Å². The van der Waals surface area contributed by atoms with Crippen molar-refractivity contribution >= 4 is 17.9 Å². The van der Waals surface area contributed by atoms with Crippen LogP contribution in [-0.4, -0.2) is 47.0 Å². The molecule has 1 N–H and O–H groups in total. The van der Waals surface area contributed by atoms with Gasteiger partial charge in [0.15, 0.2) is 11.6 Å². The molecular weight excluding hydrogens is 465 g/mol. The van der Waals surface area contributed by atoms with Crippen molar-refractivity contribution in [1.29, 1.82) is 0 Å². The number of aromatic nitrogens is 2. The first-order valence-electron chi connectivity index (χ1n) is 11.5. The van der Waals surface area contributed by atoms with Crippen molar-refractivity contribution in [3.63, 3.8) is 0 Å². The fourth-order valence-electron chi connectivity index (χ4n) is 3.85. The predicted octanol–water partition coefficient (Wildman–Crippen LogP) is 5.70. The van der Waals surface area contributed by atoms with Gasteiger partial charge in [-0.15, -0.1) is 0 Å². The standard InChI is InChI=1S/C24H31F3N4O4/c1-6-7-19(35-24(3,4)5)17-13-33-23(32)31(17)20-10-11-28-22(30-20)29-14(2)15-8-9-18(16(25)12-15)34-21(26)27/h8-12,14,17,19,21H,6-7,13H2,1-5H3,(H,28,29,30)/t14-,17+,19+/m0/s1. The molecule has 1 amide bonds. The summed E-state index contributed by atoms with van der Waals surface area (Å²) in [4.78, 5) is 22.8. The van der Waals surface area contributed by atoms with Crippen LogP contribution in [0.5, 0.6) is 5.75 Å². The second-order valence-corrected chi connectivity index (χ2v) is 9.24. The monoisotopic (exact) mass is 496 g/mol. The van der Waals surface area contributed by atoms with E-state index in [1.807, 2.05) is 27.7 Å². The number of benzene rings is 1. The number of halogens is 3. The third kappa shape index (κ3) is 6.97. The summed E-state index contributed by atoms with van der Waals surface area (Å²) in [6.07, 6.45) is 2.32. The Hall–Kier alpha value is -3.08. The highest BCUT2D eigenvalue weighted by Crippen LogP contribution is 2.30. The number of carbonyl (C=O) groups excluding carboxylic acids is 1. The van der Waals surface area contributed by atoms with E-state index in [0.29, 0.717) is 11.4 Å². The van der Waals surface area contributed by atoms with Crippen molar-refractivity contribution in [3.8, 4) is 5.75 Å². The maximum absolute atomic E-state index is 14.1. The van der Waals surface area contributed by atoms with Crippen molar-refractivity contribution in [3.05, 3.63) is 41.8 Å². The van der Waals surface area contributed by atoms with Gasteiger partial charge in [0.25, 0.3) is 0 Å². The Labute approximate surface area is 202 Å². The molecule has 35 heavy (non-hydrogen) atoms. The normalized spacial score (nSPS) is 17.9. The number of rotatable bonds is 10. The first-order valence-corrected chi connectivity index (χ1v) is 11.5. The Kier molecular flexibility index (Phi) is 8.42. The third-order valence-electron chi connectivity index (χ3n) is 5.32. The van der Waals surface area contributed by atoms with Gasteiger partial charge in [-0.2, -0.15) is 13.8 Å². The number of anilines is 2. The Balaban J connectivity index is 1.79. The lowest BCUT2D eigenvalue weighted by Crippen LogP contribution is -2.46. The van der Waals surface area contributed by atoms with E-state index in [-0.39, 0.29) is 24.7 Å². The molecule has 0 aliphatic carbocycles. The molecule has 2 heterocycles. The molecule has 1 aliphatic heterocycles. The van der Waals surface area contributed by atoms with Crippen molar-refractivity contribution < 1.29 is 32.2 Å². The van der Waals surface area contributed by atoms with E-state index in [2.05, 4.69) is 20.0 Å². The Morgan fingerprint density at radius 3 is 2.66 bits per heavy atom. The number of hydrogen-bond donors (Lipinski definition) is 1. The van der Waals surface area contributed by atoms with E-state index in [9.17, 15) is 18.0 Å². The van der Waals surface area contributed by atoms with Gasteiger partial charge in [0.05, 0.1) is 17.7 Å². The van der Waals surface area contributed by atoms with Crippen LogP contribution in [0.1, 0.15) is 59.1 Å². The molecule has 11 heteroatoms. The van der Waals surface area contributed by atoms with Crippen LogP contribution in [0.4, 0.5) is 29.7 Å². The smallest absolute Gasteiger partial charge is 0.416 e. The van der Waals surface area contributed by atoms with Crippen LogP contribution in [-0.2, 0) is 9.47 Å². The second kappa shape index (κ2) is 11.1. The molecule has 3 atom stereocenters. The fourth-order valence-corrected chi connectivity index (χ4v) is 3.85. The molecule has 192 valence electrons. The summed E-state index contributed by atoms with van der Waals surface area (Å²) in [5.41, 5.74) is 0.0639. The molecule has 3 rings (SSSR count). The highest BCUT2D eigenvalue weighted by Gasteiger charge is 2.42. The zero-order valence-corrected chi connectivity index (χ0v) is 20.4. The van der Waals surface area contributed by atoms with Gasteiger partial charge in [0.1, 0.15) is 18.5 Å². The molecule has 0 unspecified atom stereocenters. The fraction of sp³-hybridized carbons (Fsp3) is 0.542. The van der Waals surface area contributed by atoms with Gasteiger partial charge in [-0.25, -0.2) is 14.2 Å². The molecular formula is C24H31F3N4O4. The maximum atomic E-state index is 14.1. The molecule has 8 nitrogen and oxygen atoms in total. The molecule has 1 fully saturated rings. The zero-order chi connectivity index (χ0) is 25.8. The van der Waals surface area contributed by atoms with Crippen molar-refractivity contribution in [2.45, 2.75) is 77.9 Å². The van der Waals surface area contributed by atoms with Crippen LogP contribution in [0.25, 0.3) is 0 Å². The quantitative estimate of drug-likeness (QED) is 0.452. The van der Waals surface area contributed by atoms with Gasteiger partial charge >= 0.3 is 12.7 Å². The molecule has 0 radical (unpaired) electrons. The Morgan fingerprint density at radius 1 is 1.29 bits per heavy atom. The highest BCUT2D eigenvalue weighted by molar-refractivity contribution is 5.89. The Morgan fingerprint density at radius 2 is 2.03 bits per heavy atom. The summed E-state index contributed by atoms with van der Waals surface area (Å²) in [7, 11) is 0. The van der Waals surface area contributed by atoms with Crippen LogP contribution in [0.15, 0.2) is 30.5 Å². The molecule has 1 aliphatic rings. The van der Waals surface area contributed by atoms with E-state index in [4.69, 9.17) is 9.47 Å². The van der Waals surface area contributed by atoms with Crippen molar-refractivity contribution in [1.82, 2.24) is 9.97 Å². The van der Waals surface area contributed by atoms with Gasteiger partial charge in [0.2, 0.25) is 5.95 Å². The number of cyclic esters (lactones) is 1. The number of nitrogens with one attached hydrogen (secondary N) is 1. The van der Waals surface area contributed by atoms with E-state index in [1.54, 1.807) is 13.0 Å². The van der Waals surface area contributed by atoms with Crippen LogP contribution in [0, 0.1) is 5.82 Å². The molecule has 0 bridgehead atoms. The average molecular weight is 497 g/mol. The average Bonchev–Trinajstić information content (AvgIpc) is 3.15. The third-order valence-corrected chi connectivity index (χ3v) is 5.32. The summed E-state index contributed by atoms with van der Waals surface area (Å²) in [6, 6.07) is 4.48. The van der Waals surface area contributed by atoms with Gasteiger partial charge in [-0.3, -0.25) is 4.90 Å². The van der Waals surface area contributed by atoms with Gasteiger partial charge in [-0.1, -0.05) is 19.4 Å². The maximum Gasteiger partial charge on any atom is 0.416 e. The molecule has 0 saturated carbocycles. The topological polar surface area (TPSA) is 85.8 Å². The molecule has 1 aromatic heterocycles. The minimum Gasteiger partial charge on any atom is -0.447 e. The molecule has 1 saturated heterocycles. The zero-order valence-electron chi connectivity index (χ0n) is 20.4. The number of alkyl halides is 2. The summed E-state index contributed by atoms with van der Waals surface area (Å²) >= 11 is 0. The molecule has 2 aromatic rings. The van der Waals surface area contributed by atoms with Gasteiger partial charge in [0, 0.05) is 6.20 Å². The number of amides is 1. The molecule has 0 spiro atoms. The van der Waals surface area contributed by atoms with E-state index >= 15 is 0 Å². The van der Waals surface area contributed by atoms with Crippen molar-refractivity contribution in [2.75, 3.05) is 16.8 Å². The van der Waals surface area contributed by atoms with Gasteiger partial charge < -0.3 is 19.5 Å². The predicted molar refractivity (Wildman–Crippen MR) is 124 cm³/mol.